The lowest BCUT2D eigenvalue weighted by atomic mass is 9.56. The fraction of sp³-hybridized carbons (Fsp3) is 0.345. The van der Waals surface area contributed by atoms with Crippen LogP contribution in [0.1, 0.15) is 58.3 Å². The van der Waals surface area contributed by atoms with E-state index in [-0.39, 0.29) is 24.9 Å². The fourth-order valence-electron chi connectivity index (χ4n) is 6.28. The second-order valence-corrected chi connectivity index (χ2v) is 10.2. The molecule has 0 amide bonds. The topological polar surface area (TPSA) is 29.1 Å². The van der Waals surface area contributed by atoms with Crippen LogP contribution in [-0.2, 0) is 24.3 Å². The SMILES string of the molecule is O=C(c1cc(C(F)(F)F)cc(C(F)(F)F)c1)[C@@]1(Cc2ccccc2)CC[C@@H]2CC[C@]1(c1ccc(F)cc1)N2. The fourth-order valence-corrected chi connectivity index (χ4v) is 6.28. The smallest absolute Gasteiger partial charge is 0.304 e. The number of nitrogens with one attached hydrogen (secondary N) is 1. The Morgan fingerprint density at radius 3 is 1.97 bits per heavy atom. The predicted octanol–water partition coefficient (Wildman–Crippen LogP) is 7.72. The van der Waals surface area contributed by atoms with Crippen molar-refractivity contribution in [3.63, 3.8) is 0 Å². The molecule has 2 aliphatic heterocycles. The maximum atomic E-state index is 14.5. The van der Waals surface area contributed by atoms with E-state index < -0.39 is 51.6 Å². The van der Waals surface area contributed by atoms with E-state index in [2.05, 4.69) is 5.32 Å². The zero-order valence-electron chi connectivity index (χ0n) is 20.1. The van der Waals surface area contributed by atoms with Gasteiger partial charge >= 0.3 is 12.4 Å². The number of carbonyl (C=O) groups is 1. The highest BCUT2D eigenvalue weighted by Crippen LogP contribution is 2.57. The van der Waals surface area contributed by atoms with Crippen LogP contribution >= 0.6 is 0 Å². The second-order valence-electron chi connectivity index (χ2n) is 10.2. The number of Topliss-reactive ketones (excluding diaryl/α,β-unsaturated/α-hetero) is 1. The van der Waals surface area contributed by atoms with Gasteiger partial charge in [-0.2, -0.15) is 26.3 Å². The Kier molecular flexibility index (Phi) is 6.41. The summed E-state index contributed by atoms with van der Waals surface area (Å²) in [6, 6.07) is 15.5. The zero-order valence-corrected chi connectivity index (χ0v) is 20.1. The summed E-state index contributed by atoms with van der Waals surface area (Å²) in [4.78, 5) is 14.5. The molecule has 0 unspecified atom stereocenters. The van der Waals surface area contributed by atoms with E-state index in [0.29, 0.717) is 37.0 Å². The molecule has 0 saturated carbocycles. The molecule has 2 saturated heterocycles. The van der Waals surface area contributed by atoms with Crippen LogP contribution in [-0.4, -0.2) is 11.8 Å². The second kappa shape index (κ2) is 9.22. The van der Waals surface area contributed by atoms with E-state index in [1.165, 1.54) is 24.3 Å². The summed E-state index contributed by atoms with van der Waals surface area (Å²) in [5.74, 6) is -1.29. The van der Waals surface area contributed by atoms with Gasteiger partial charge in [0.05, 0.1) is 22.1 Å². The third kappa shape index (κ3) is 4.51. The minimum absolute atomic E-state index is 0.0176. The van der Waals surface area contributed by atoms with Gasteiger partial charge in [-0.1, -0.05) is 42.5 Å². The molecule has 0 radical (unpaired) electrons. The highest BCUT2D eigenvalue weighted by atomic mass is 19.4. The van der Waals surface area contributed by atoms with Crippen LogP contribution in [0, 0.1) is 11.2 Å². The number of hydrogen-bond donors (Lipinski definition) is 1. The van der Waals surface area contributed by atoms with Gasteiger partial charge in [-0.15, -0.1) is 0 Å². The van der Waals surface area contributed by atoms with Gasteiger partial charge in [-0.3, -0.25) is 4.79 Å². The Morgan fingerprint density at radius 2 is 1.39 bits per heavy atom. The maximum Gasteiger partial charge on any atom is 0.416 e. The molecule has 2 fully saturated rings. The van der Waals surface area contributed by atoms with E-state index in [0.717, 1.165) is 5.56 Å². The molecule has 0 spiro atoms. The number of alkyl halides is 6. The van der Waals surface area contributed by atoms with Crippen molar-refractivity contribution in [1.82, 2.24) is 5.32 Å². The molecule has 3 atom stereocenters. The third-order valence-electron chi connectivity index (χ3n) is 8.03. The summed E-state index contributed by atoms with van der Waals surface area (Å²) in [6.07, 6.45) is -8.23. The molecular weight excluding hydrogens is 511 g/mol. The number of hydrogen-bond acceptors (Lipinski definition) is 2. The minimum Gasteiger partial charge on any atom is -0.304 e. The number of ketones is 1. The van der Waals surface area contributed by atoms with Crippen molar-refractivity contribution in [3.05, 3.63) is 106 Å². The van der Waals surface area contributed by atoms with Gasteiger partial charge in [0.25, 0.3) is 0 Å². The average molecular weight is 536 g/mol. The molecule has 1 N–H and O–H groups in total. The van der Waals surface area contributed by atoms with Crippen molar-refractivity contribution in [3.8, 4) is 0 Å². The van der Waals surface area contributed by atoms with Crippen molar-refractivity contribution in [1.29, 1.82) is 0 Å². The summed E-state index contributed by atoms with van der Waals surface area (Å²) >= 11 is 0. The van der Waals surface area contributed by atoms with Crippen LogP contribution in [0.25, 0.3) is 0 Å². The Balaban J connectivity index is 1.75. The molecule has 2 nitrogen and oxygen atoms in total. The van der Waals surface area contributed by atoms with E-state index in [9.17, 15) is 35.5 Å². The lowest BCUT2D eigenvalue weighted by Crippen LogP contribution is -2.62. The molecule has 0 aliphatic carbocycles. The number of fused-ring (bicyclic) bond motifs is 2. The summed E-state index contributed by atoms with van der Waals surface area (Å²) < 4.78 is 96.0. The first-order valence-electron chi connectivity index (χ1n) is 12.3. The Bertz CT molecular complexity index is 1300. The molecule has 2 aliphatic rings. The third-order valence-corrected chi connectivity index (χ3v) is 8.03. The van der Waals surface area contributed by atoms with Gasteiger partial charge in [0.2, 0.25) is 0 Å². The largest absolute Gasteiger partial charge is 0.416 e. The van der Waals surface area contributed by atoms with Gasteiger partial charge in [0.15, 0.2) is 5.78 Å². The zero-order chi connectivity index (χ0) is 27.3. The van der Waals surface area contributed by atoms with Crippen LogP contribution in [0.3, 0.4) is 0 Å². The molecule has 2 bridgehead atoms. The standard InChI is InChI=1S/C29H24F7NO/c30-23-8-6-20(7-9-23)27-13-11-24(37-27)10-12-26(27,17-18-4-2-1-3-5-18)25(38)19-14-21(28(31,32)33)16-22(15-19)29(34,35)36/h1-9,14-16,24,37H,10-13,17H2/t24-,26+,27-/m1/s1. The van der Waals surface area contributed by atoms with Crippen LogP contribution in [0.2, 0.25) is 0 Å². The predicted molar refractivity (Wildman–Crippen MR) is 127 cm³/mol. The molecule has 38 heavy (non-hydrogen) atoms. The number of piperidine rings is 1. The molecule has 3 aromatic carbocycles. The van der Waals surface area contributed by atoms with Gasteiger partial charge in [0.1, 0.15) is 5.82 Å². The summed E-state index contributed by atoms with van der Waals surface area (Å²) in [5, 5.41) is 3.50. The summed E-state index contributed by atoms with van der Waals surface area (Å²) in [6.45, 7) is 0. The van der Waals surface area contributed by atoms with Crippen LogP contribution < -0.4 is 5.32 Å². The lowest BCUT2D eigenvalue weighted by Gasteiger charge is -2.52. The lowest BCUT2D eigenvalue weighted by molar-refractivity contribution is -0.143. The maximum absolute atomic E-state index is 14.5. The van der Waals surface area contributed by atoms with Crippen molar-refractivity contribution in [2.24, 2.45) is 5.41 Å². The van der Waals surface area contributed by atoms with E-state index in [1.54, 1.807) is 30.3 Å². The number of carbonyl (C=O) groups excluding carboxylic acids is 1. The van der Waals surface area contributed by atoms with Crippen molar-refractivity contribution >= 4 is 5.78 Å². The van der Waals surface area contributed by atoms with E-state index in [1.807, 2.05) is 0 Å². The Labute approximate surface area is 214 Å². The highest BCUT2D eigenvalue weighted by molar-refractivity contribution is 6.02. The summed E-state index contributed by atoms with van der Waals surface area (Å²) in [5.41, 5.74) is -4.94. The molecule has 3 aromatic rings. The molecule has 5 rings (SSSR count). The average Bonchev–Trinajstić information content (AvgIpc) is 3.25. The molecular formula is C29H24F7NO. The molecule has 0 aromatic heterocycles. The van der Waals surface area contributed by atoms with Gasteiger partial charge in [0, 0.05) is 11.6 Å². The Hall–Kier alpha value is -3.20. The van der Waals surface area contributed by atoms with E-state index in [4.69, 9.17) is 0 Å². The normalized spacial score (nSPS) is 25.4. The van der Waals surface area contributed by atoms with Crippen molar-refractivity contribution in [2.75, 3.05) is 0 Å². The first kappa shape index (κ1) is 26.4. The quantitative estimate of drug-likeness (QED) is 0.268. The van der Waals surface area contributed by atoms with Crippen molar-refractivity contribution in [2.45, 2.75) is 56.0 Å². The molecule has 200 valence electrons. The van der Waals surface area contributed by atoms with Crippen molar-refractivity contribution < 1.29 is 35.5 Å². The summed E-state index contributed by atoms with van der Waals surface area (Å²) in [7, 11) is 0. The Morgan fingerprint density at radius 1 is 0.816 bits per heavy atom. The minimum atomic E-state index is -5.08. The van der Waals surface area contributed by atoms with Gasteiger partial charge in [-0.25, -0.2) is 4.39 Å². The van der Waals surface area contributed by atoms with Gasteiger partial charge in [-0.05, 0) is 73.6 Å². The number of benzene rings is 3. The van der Waals surface area contributed by atoms with Crippen LogP contribution in [0.5, 0.6) is 0 Å². The first-order chi connectivity index (χ1) is 17.8. The van der Waals surface area contributed by atoms with Crippen LogP contribution in [0.4, 0.5) is 30.7 Å². The molecule has 2 heterocycles. The first-order valence-corrected chi connectivity index (χ1v) is 12.3. The highest BCUT2D eigenvalue weighted by Gasteiger charge is 2.62. The van der Waals surface area contributed by atoms with E-state index >= 15 is 0 Å². The number of rotatable bonds is 5. The van der Waals surface area contributed by atoms with Gasteiger partial charge < -0.3 is 5.32 Å². The monoisotopic (exact) mass is 535 g/mol. The number of halogens is 7. The molecule has 9 heteroatoms. The van der Waals surface area contributed by atoms with Crippen LogP contribution in [0.15, 0.2) is 72.8 Å².